The number of aryl methyl sites for hydroxylation is 1. The van der Waals surface area contributed by atoms with Crippen LogP contribution < -0.4 is 29.9 Å². The third-order valence-corrected chi connectivity index (χ3v) is 14.2. The number of anilines is 6. The second-order valence-corrected chi connectivity index (χ2v) is 19.2. The standard InChI is InChI=1S/C45H53ClN10O8S/c1-52(65(3,62)63)35-10-5-4-9-33(35)48-41-32(46)26-47-45(51-41)49-34-13-12-30(25-37(34)64-2)54-23-21-53(22-24-54)27-28-17-19-55(20-18-28)39(58)16-11-29-7-6-8-31-40(29)44(61)56(43(31)60)36-14-15-38(57)50-42(36)59/h4-10,12-13,25-26,28,36,43,60H,11,14-24,27H2,1-3H3,(H,50,57,59)(H2,47,48,49,51). The molecule has 5 heterocycles. The number of piperazine rings is 1. The lowest BCUT2D eigenvalue weighted by Crippen LogP contribution is -2.53. The first-order chi connectivity index (χ1) is 31.2. The van der Waals surface area contributed by atoms with Gasteiger partial charge in [0, 0.05) is 83.0 Å². The number of nitrogens with zero attached hydrogens (tertiary/aromatic N) is 7. The van der Waals surface area contributed by atoms with Crippen molar-refractivity contribution < 1.29 is 37.4 Å². The number of para-hydroxylation sites is 2. The number of rotatable bonds is 14. The van der Waals surface area contributed by atoms with Crippen molar-refractivity contribution >= 4 is 79.8 Å². The Morgan fingerprint density at radius 2 is 1.72 bits per heavy atom. The molecule has 3 aromatic carbocycles. The number of aliphatic hydroxyl groups excluding tert-OH is 1. The van der Waals surface area contributed by atoms with Crippen molar-refractivity contribution in [2.75, 3.05) is 86.1 Å². The van der Waals surface area contributed by atoms with E-state index >= 15 is 0 Å². The van der Waals surface area contributed by atoms with Crippen molar-refractivity contribution in [2.24, 2.45) is 5.92 Å². The monoisotopic (exact) mass is 928 g/mol. The largest absolute Gasteiger partial charge is 0.494 e. The molecule has 0 bridgehead atoms. The quantitative estimate of drug-likeness (QED) is 0.130. The van der Waals surface area contributed by atoms with Crippen molar-refractivity contribution in [1.29, 1.82) is 0 Å². The van der Waals surface area contributed by atoms with E-state index in [1.165, 1.54) is 17.5 Å². The van der Waals surface area contributed by atoms with Gasteiger partial charge >= 0.3 is 0 Å². The molecule has 0 saturated carbocycles. The summed E-state index contributed by atoms with van der Waals surface area (Å²) in [7, 11) is -0.435. The Balaban J connectivity index is 0.801. The van der Waals surface area contributed by atoms with Crippen molar-refractivity contribution in [3.8, 4) is 5.75 Å². The summed E-state index contributed by atoms with van der Waals surface area (Å²) in [5, 5.41) is 19.9. The lowest BCUT2D eigenvalue weighted by molar-refractivity contribution is -0.139. The zero-order chi connectivity index (χ0) is 46.0. The molecule has 4 N–H and O–H groups in total. The van der Waals surface area contributed by atoms with Crippen molar-refractivity contribution in [1.82, 2.24) is 30.0 Å². The normalized spacial score (nSPS) is 19.5. The summed E-state index contributed by atoms with van der Waals surface area (Å²) in [5.41, 5.74) is 4.02. The molecule has 0 radical (unpaired) electrons. The number of nitrogens with one attached hydrogen (secondary N) is 3. The van der Waals surface area contributed by atoms with E-state index in [1.807, 2.05) is 23.1 Å². The summed E-state index contributed by atoms with van der Waals surface area (Å²) in [6.45, 7) is 5.79. The molecule has 65 heavy (non-hydrogen) atoms. The van der Waals surface area contributed by atoms with E-state index in [0.717, 1.165) is 62.4 Å². The molecule has 3 fully saturated rings. The number of halogens is 1. The highest BCUT2D eigenvalue weighted by Crippen LogP contribution is 2.38. The second-order valence-electron chi connectivity index (χ2n) is 16.8. The Morgan fingerprint density at radius 3 is 2.45 bits per heavy atom. The van der Waals surface area contributed by atoms with Crippen LogP contribution in [0.3, 0.4) is 0 Å². The number of piperidine rings is 2. The predicted molar refractivity (Wildman–Crippen MR) is 246 cm³/mol. The lowest BCUT2D eigenvalue weighted by atomic mass is 9.95. The van der Waals surface area contributed by atoms with Gasteiger partial charge in [0.2, 0.25) is 33.7 Å². The average molecular weight is 930 g/mol. The van der Waals surface area contributed by atoms with Gasteiger partial charge < -0.3 is 30.3 Å². The second kappa shape index (κ2) is 19.2. The van der Waals surface area contributed by atoms with E-state index < -0.39 is 40.0 Å². The summed E-state index contributed by atoms with van der Waals surface area (Å²) in [5.74, 6) is 0.205. The topological polar surface area (TPSA) is 210 Å². The molecular formula is C45H53ClN10O8S. The van der Waals surface area contributed by atoms with Crippen LogP contribution >= 0.6 is 11.6 Å². The molecule has 4 aliphatic rings. The molecular weight excluding hydrogens is 876 g/mol. The Hall–Kier alpha value is -6.02. The number of hydrogen-bond acceptors (Lipinski definition) is 14. The third kappa shape index (κ3) is 9.97. The van der Waals surface area contributed by atoms with Gasteiger partial charge in [-0.1, -0.05) is 41.9 Å². The van der Waals surface area contributed by atoms with Gasteiger partial charge in [0.25, 0.3) is 5.91 Å². The van der Waals surface area contributed by atoms with E-state index in [0.29, 0.717) is 70.7 Å². The Kier molecular flexibility index (Phi) is 13.5. The van der Waals surface area contributed by atoms with Crippen LogP contribution in [0.25, 0.3) is 0 Å². The molecule has 3 saturated heterocycles. The van der Waals surface area contributed by atoms with Gasteiger partial charge in [-0.05, 0) is 61.4 Å². The molecule has 8 rings (SSSR count). The van der Waals surface area contributed by atoms with Gasteiger partial charge in [-0.25, -0.2) is 13.4 Å². The highest BCUT2D eigenvalue weighted by atomic mass is 35.5. The average Bonchev–Trinajstić information content (AvgIpc) is 3.55. The molecule has 344 valence electrons. The summed E-state index contributed by atoms with van der Waals surface area (Å²) in [4.78, 5) is 68.0. The molecule has 2 unspecified atom stereocenters. The number of methoxy groups -OCH3 is 1. The number of aromatic nitrogens is 2. The Labute approximate surface area is 382 Å². The number of fused-ring (bicyclic) bond motifs is 1. The minimum absolute atomic E-state index is 0.0279. The third-order valence-electron chi connectivity index (χ3n) is 12.7. The van der Waals surface area contributed by atoms with Crippen LogP contribution in [0.2, 0.25) is 5.02 Å². The number of hydrogen-bond donors (Lipinski definition) is 4. The smallest absolute Gasteiger partial charge is 0.257 e. The van der Waals surface area contributed by atoms with E-state index in [9.17, 15) is 32.7 Å². The van der Waals surface area contributed by atoms with Crippen molar-refractivity contribution in [2.45, 2.75) is 50.8 Å². The zero-order valence-electron chi connectivity index (χ0n) is 36.5. The number of benzene rings is 3. The van der Waals surface area contributed by atoms with Crippen LogP contribution in [0, 0.1) is 5.92 Å². The first-order valence-electron chi connectivity index (χ1n) is 21.7. The first kappa shape index (κ1) is 45.5. The predicted octanol–water partition coefficient (Wildman–Crippen LogP) is 4.27. The van der Waals surface area contributed by atoms with Crippen molar-refractivity contribution in [3.63, 3.8) is 0 Å². The Morgan fingerprint density at radius 1 is 0.969 bits per heavy atom. The zero-order valence-corrected chi connectivity index (χ0v) is 38.1. The fourth-order valence-electron chi connectivity index (χ4n) is 9.05. The van der Waals surface area contributed by atoms with E-state index in [1.54, 1.807) is 49.6 Å². The van der Waals surface area contributed by atoms with E-state index in [2.05, 4.69) is 35.7 Å². The number of sulfonamides is 1. The fourth-order valence-corrected chi connectivity index (χ4v) is 9.70. The van der Waals surface area contributed by atoms with Crippen LogP contribution in [0.5, 0.6) is 5.75 Å². The maximum atomic E-state index is 13.6. The highest BCUT2D eigenvalue weighted by molar-refractivity contribution is 7.92. The number of ether oxygens (including phenoxy) is 1. The van der Waals surface area contributed by atoms with E-state index in [4.69, 9.17) is 16.3 Å². The highest BCUT2D eigenvalue weighted by Gasteiger charge is 2.45. The van der Waals surface area contributed by atoms with Crippen molar-refractivity contribution in [3.05, 3.63) is 88.6 Å². The number of carbonyl (C=O) groups is 4. The summed E-state index contributed by atoms with van der Waals surface area (Å²) in [6, 6.07) is 17.2. The molecule has 4 aromatic rings. The Bertz CT molecular complexity index is 2590. The summed E-state index contributed by atoms with van der Waals surface area (Å²) in [6.07, 6.45) is 3.91. The molecule has 0 aliphatic carbocycles. The molecule has 4 aliphatic heterocycles. The van der Waals surface area contributed by atoms with Gasteiger partial charge in [-0.15, -0.1) is 0 Å². The number of aliphatic hydroxyl groups is 1. The molecule has 2 atom stereocenters. The van der Waals surface area contributed by atoms with Crippen LogP contribution in [-0.2, 0) is 30.8 Å². The minimum Gasteiger partial charge on any atom is -0.494 e. The number of imide groups is 1. The van der Waals surface area contributed by atoms with Gasteiger partial charge in [0.15, 0.2) is 12.0 Å². The maximum Gasteiger partial charge on any atom is 0.257 e. The van der Waals surface area contributed by atoms with Crippen LogP contribution in [0.4, 0.5) is 34.5 Å². The molecule has 4 amide bonds. The number of amides is 4. The van der Waals surface area contributed by atoms with Crippen LogP contribution in [0.15, 0.2) is 66.9 Å². The van der Waals surface area contributed by atoms with Gasteiger partial charge in [-0.2, -0.15) is 4.98 Å². The fraction of sp³-hybridized carbons (Fsp3) is 0.422. The molecule has 18 nitrogen and oxygen atoms in total. The van der Waals surface area contributed by atoms with Gasteiger partial charge in [-0.3, -0.25) is 38.6 Å². The summed E-state index contributed by atoms with van der Waals surface area (Å²) < 4.78 is 31.5. The molecule has 1 aromatic heterocycles. The maximum absolute atomic E-state index is 13.6. The minimum atomic E-state index is -3.52. The first-order valence-corrected chi connectivity index (χ1v) is 23.9. The number of likely N-dealkylation sites (tertiary alicyclic amines) is 1. The lowest BCUT2D eigenvalue weighted by Gasteiger charge is -2.39. The number of carbonyl (C=O) groups excluding carboxylic acids is 4. The summed E-state index contributed by atoms with van der Waals surface area (Å²) >= 11 is 6.47. The van der Waals surface area contributed by atoms with Crippen LogP contribution in [0.1, 0.15) is 59.8 Å². The van der Waals surface area contributed by atoms with Crippen LogP contribution in [-0.4, -0.2) is 134 Å². The van der Waals surface area contributed by atoms with Gasteiger partial charge in [0.1, 0.15) is 16.8 Å². The molecule has 0 spiro atoms. The van der Waals surface area contributed by atoms with E-state index in [-0.39, 0.29) is 36.1 Å². The molecule has 20 heteroatoms. The SMILES string of the molecule is COc1cc(N2CCN(CC3CCN(C(=O)CCc4cccc5c4C(=O)N(C4CCC(=O)NC4=O)C5O)CC3)CC2)ccc1Nc1ncc(Cl)c(Nc2ccccc2N(C)S(C)(=O)=O)n1. The van der Waals surface area contributed by atoms with Gasteiger partial charge in [0.05, 0.1) is 42.2 Å².